The van der Waals surface area contributed by atoms with Crippen molar-refractivity contribution in [2.45, 2.75) is 181 Å². The zero-order valence-electron chi connectivity index (χ0n) is 40.5. The van der Waals surface area contributed by atoms with Gasteiger partial charge in [0.2, 0.25) is 0 Å². The number of rotatable bonds is 30. The van der Waals surface area contributed by atoms with E-state index in [0.29, 0.717) is 0 Å². The molecule has 6 aromatic rings. The number of benzene rings is 4. The molecule has 2 unspecified atom stereocenters. The summed E-state index contributed by atoms with van der Waals surface area (Å²) < 4.78 is 7.47. The first-order valence-electron chi connectivity index (χ1n) is 25.7. The van der Waals surface area contributed by atoms with Crippen molar-refractivity contribution in [3.8, 4) is 22.8 Å². The molecule has 0 radical (unpaired) electrons. The van der Waals surface area contributed by atoms with Crippen LogP contribution in [0.2, 0.25) is 0 Å². The average molecular weight is 871 g/mol. The third-order valence-electron chi connectivity index (χ3n) is 13.0. The fourth-order valence-electron chi connectivity index (χ4n) is 8.81. The van der Waals surface area contributed by atoms with Crippen molar-refractivity contribution in [2.24, 2.45) is 0 Å². The first-order valence-corrected chi connectivity index (χ1v) is 25.7. The molecule has 4 aromatic carbocycles. The van der Waals surface area contributed by atoms with E-state index in [4.69, 9.17) is 24.7 Å². The average Bonchev–Trinajstić information content (AvgIpc) is 3.35. The van der Waals surface area contributed by atoms with Gasteiger partial charge in [-0.2, -0.15) is 0 Å². The molecule has 0 N–H and O–H groups in total. The van der Waals surface area contributed by atoms with Crippen molar-refractivity contribution in [3.63, 3.8) is 0 Å². The Labute approximate surface area is 393 Å². The molecule has 0 aliphatic heterocycles. The first kappa shape index (κ1) is 49.4. The van der Waals surface area contributed by atoms with E-state index in [1.807, 2.05) is 24.8 Å². The number of hydrogen-bond donors (Lipinski definition) is 0. The molecule has 2 atom stereocenters. The van der Waals surface area contributed by atoms with Crippen LogP contribution in [0.3, 0.4) is 0 Å². The van der Waals surface area contributed by atoms with Crippen molar-refractivity contribution in [1.29, 1.82) is 0 Å². The van der Waals surface area contributed by atoms with Crippen LogP contribution < -0.4 is 0 Å². The largest absolute Gasteiger partial charge is 0.356 e. The minimum Gasteiger partial charge on any atom is -0.356 e. The maximum Gasteiger partial charge on any atom is 0.159 e. The quantitative estimate of drug-likeness (QED) is 0.0422. The van der Waals surface area contributed by atoms with Crippen LogP contribution in [0.15, 0.2) is 122 Å². The Kier molecular flexibility index (Phi) is 21.4. The molecule has 0 spiro atoms. The first-order chi connectivity index (χ1) is 32.1. The van der Waals surface area contributed by atoms with Crippen LogP contribution in [-0.4, -0.2) is 19.9 Å². The van der Waals surface area contributed by atoms with Crippen molar-refractivity contribution in [1.82, 2.24) is 19.9 Å². The molecular weight excluding hydrogens is 793 g/mol. The zero-order chi connectivity index (χ0) is 45.3. The lowest BCUT2D eigenvalue weighted by molar-refractivity contribution is 0.0308. The van der Waals surface area contributed by atoms with Crippen LogP contribution >= 0.6 is 0 Å². The fourth-order valence-corrected chi connectivity index (χ4v) is 8.81. The van der Waals surface area contributed by atoms with Crippen LogP contribution in [0.25, 0.3) is 22.8 Å². The van der Waals surface area contributed by atoms with Gasteiger partial charge in [0.15, 0.2) is 11.6 Å². The Bertz CT molecular complexity index is 2000. The molecule has 5 heteroatoms. The standard InChI is InChI=1S/C60H78N4O/c1-5-9-13-15-17-21-25-49-43-61-59(62-44-49)55-39-35-53(36-40-55)57(51-31-27-47(28-32-51)23-19-11-7-3)65-58(52-33-29-48(30-34-52)24-20-12-8-4)54-37-41-56(42-38-54)60-63-45-50(46-64-60)26-22-18-16-14-10-6-2/h27-46,57-58H,5-26H2,1-4H3. The van der Waals surface area contributed by atoms with E-state index in [1.54, 1.807) is 0 Å². The predicted octanol–water partition coefficient (Wildman–Crippen LogP) is 16.8. The van der Waals surface area contributed by atoms with E-state index < -0.39 is 0 Å². The minimum absolute atomic E-state index is 0.314. The van der Waals surface area contributed by atoms with Crippen LogP contribution in [0, 0.1) is 0 Å². The fraction of sp³-hybridized carbons (Fsp3) is 0.467. The molecule has 0 amide bonds. The van der Waals surface area contributed by atoms with Gasteiger partial charge in [0, 0.05) is 35.9 Å². The minimum atomic E-state index is -0.314. The molecule has 65 heavy (non-hydrogen) atoms. The molecular formula is C60H78N4O. The third-order valence-corrected chi connectivity index (χ3v) is 13.0. The molecule has 0 saturated heterocycles. The second-order valence-electron chi connectivity index (χ2n) is 18.4. The number of aromatic nitrogens is 4. The Morgan fingerprint density at radius 1 is 0.308 bits per heavy atom. The number of unbranched alkanes of at least 4 members (excludes halogenated alkanes) is 14. The second-order valence-corrected chi connectivity index (χ2v) is 18.4. The molecule has 5 nitrogen and oxygen atoms in total. The van der Waals surface area contributed by atoms with Crippen molar-refractivity contribution < 1.29 is 4.74 Å². The SMILES string of the molecule is CCCCCCCCc1cnc(-c2ccc(C(OC(c3ccc(CCCCC)cc3)c3ccc(-c4ncc(CCCCCCCC)cn4)cc3)c3ccc(CCCCC)cc3)cc2)nc1. The molecule has 2 aromatic heterocycles. The van der Waals surface area contributed by atoms with Crippen LogP contribution in [0.5, 0.6) is 0 Å². The van der Waals surface area contributed by atoms with E-state index in [2.05, 4.69) is 125 Å². The van der Waals surface area contributed by atoms with Crippen LogP contribution in [-0.2, 0) is 30.4 Å². The van der Waals surface area contributed by atoms with E-state index in [0.717, 1.165) is 70.7 Å². The Hall–Kier alpha value is -5.00. The second kappa shape index (κ2) is 28.1. The van der Waals surface area contributed by atoms with Crippen molar-refractivity contribution >= 4 is 0 Å². The Morgan fingerprint density at radius 2 is 0.569 bits per heavy atom. The lowest BCUT2D eigenvalue weighted by Crippen LogP contribution is -2.14. The number of ether oxygens (including phenoxy) is 1. The normalized spacial score (nSPS) is 12.4. The summed E-state index contributed by atoms with van der Waals surface area (Å²) in [6.07, 6.45) is 34.5. The van der Waals surface area contributed by atoms with Gasteiger partial charge in [0.1, 0.15) is 12.2 Å². The number of aryl methyl sites for hydroxylation is 4. The molecule has 0 aliphatic carbocycles. The van der Waals surface area contributed by atoms with Crippen LogP contribution in [0.4, 0.5) is 0 Å². The Balaban J connectivity index is 1.25. The highest BCUT2D eigenvalue weighted by atomic mass is 16.5. The van der Waals surface area contributed by atoms with Gasteiger partial charge in [0.05, 0.1) is 0 Å². The summed E-state index contributed by atoms with van der Waals surface area (Å²) in [6, 6.07) is 35.7. The lowest BCUT2D eigenvalue weighted by Gasteiger charge is -2.27. The van der Waals surface area contributed by atoms with E-state index in [-0.39, 0.29) is 12.2 Å². The summed E-state index contributed by atoms with van der Waals surface area (Å²) in [5, 5.41) is 0. The van der Waals surface area contributed by atoms with E-state index >= 15 is 0 Å². The van der Waals surface area contributed by atoms with Gasteiger partial charge in [0.25, 0.3) is 0 Å². The highest BCUT2D eigenvalue weighted by Crippen LogP contribution is 2.38. The van der Waals surface area contributed by atoms with E-state index in [1.165, 1.54) is 138 Å². The van der Waals surface area contributed by atoms with Crippen molar-refractivity contribution in [3.05, 3.63) is 166 Å². The maximum atomic E-state index is 7.47. The molecule has 0 fully saturated rings. The summed E-state index contributed by atoms with van der Waals surface area (Å²) >= 11 is 0. The highest BCUT2D eigenvalue weighted by molar-refractivity contribution is 5.57. The number of nitrogens with zero attached hydrogens (tertiary/aromatic N) is 4. The molecule has 0 bridgehead atoms. The van der Waals surface area contributed by atoms with Gasteiger partial charge < -0.3 is 4.74 Å². The maximum absolute atomic E-state index is 7.47. The van der Waals surface area contributed by atoms with Gasteiger partial charge in [-0.05, 0) is 95.9 Å². The predicted molar refractivity (Wildman–Crippen MR) is 273 cm³/mol. The summed E-state index contributed by atoms with van der Waals surface area (Å²) in [5.74, 6) is 1.51. The lowest BCUT2D eigenvalue weighted by atomic mass is 9.95. The molecule has 344 valence electrons. The molecule has 2 heterocycles. The van der Waals surface area contributed by atoms with Gasteiger partial charge in [-0.25, -0.2) is 19.9 Å². The Morgan fingerprint density at radius 3 is 0.908 bits per heavy atom. The van der Waals surface area contributed by atoms with Crippen molar-refractivity contribution in [2.75, 3.05) is 0 Å². The summed E-state index contributed by atoms with van der Waals surface area (Å²) in [4.78, 5) is 19.3. The van der Waals surface area contributed by atoms with Gasteiger partial charge in [-0.3, -0.25) is 0 Å². The summed E-state index contributed by atoms with van der Waals surface area (Å²) in [5.41, 5.74) is 11.7. The van der Waals surface area contributed by atoms with E-state index in [9.17, 15) is 0 Å². The smallest absolute Gasteiger partial charge is 0.159 e. The topological polar surface area (TPSA) is 60.8 Å². The van der Waals surface area contributed by atoms with Gasteiger partial charge >= 0.3 is 0 Å². The van der Waals surface area contributed by atoms with Crippen LogP contribution in [0.1, 0.15) is 200 Å². The van der Waals surface area contributed by atoms with Gasteiger partial charge in [-0.15, -0.1) is 0 Å². The van der Waals surface area contributed by atoms with Gasteiger partial charge in [-0.1, -0.05) is 215 Å². The zero-order valence-corrected chi connectivity index (χ0v) is 40.5. The highest BCUT2D eigenvalue weighted by Gasteiger charge is 2.24. The molecule has 6 rings (SSSR count). The third kappa shape index (κ3) is 16.1. The summed E-state index contributed by atoms with van der Waals surface area (Å²) in [7, 11) is 0. The monoisotopic (exact) mass is 871 g/mol. The number of hydrogen-bond acceptors (Lipinski definition) is 5. The summed E-state index contributed by atoms with van der Waals surface area (Å²) in [6.45, 7) is 9.07. The molecule has 0 saturated carbocycles. The molecule has 0 aliphatic rings.